The molecule has 4 rings (SSSR count). The summed E-state index contributed by atoms with van der Waals surface area (Å²) in [4.78, 5) is 4.89. The van der Waals surface area contributed by atoms with Crippen molar-refractivity contribution in [3.05, 3.63) is 47.3 Å². The number of nitrogens with one attached hydrogen (secondary N) is 1. The van der Waals surface area contributed by atoms with Crippen molar-refractivity contribution in [2.24, 2.45) is 5.73 Å². The van der Waals surface area contributed by atoms with Gasteiger partial charge in [-0.15, -0.1) is 5.10 Å². The van der Waals surface area contributed by atoms with Gasteiger partial charge in [-0.2, -0.15) is 0 Å². The molecule has 0 unspecified atom stereocenters. The average molecular weight is 350 g/mol. The number of hydrogen-bond donors (Lipinski definition) is 3. The van der Waals surface area contributed by atoms with E-state index in [1.54, 1.807) is 4.52 Å². The Morgan fingerprint density at radius 2 is 1.85 bits per heavy atom. The smallest absolute Gasteiger partial charge is 0.177 e. The van der Waals surface area contributed by atoms with E-state index in [0.717, 1.165) is 48.4 Å². The van der Waals surface area contributed by atoms with Crippen LogP contribution in [0.1, 0.15) is 48.4 Å². The molecule has 2 aromatic heterocycles. The Morgan fingerprint density at radius 3 is 2.58 bits per heavy atom. The normalized spacial score (nSPS) is 20.4. The molecule has 5 N–H and O–H groups in total. The number of nitrogen functional groups attached to an aromatic ring is 1. The van der Waals surface area contributed by atoms with Gasteiger partial charge in [0.15, 0.2) is 5.65 Å². The summed E-state index contributed by atoms with van der Waals surface area (Å²) in [6.45, 7) is 4.19. The number of aromatic nitrogens is 3. The van der Waals surface area contributed by atoms with Gasteiger partial charge in [-0.3, -0.25) is 0 Å². The molecule has 1 aliphatic rings. The quantitative estimate of drug-likeness (QED) is 0.670. The zero-order valence-corrected chi connectivity index (χ0v) is 15.4. The molecule has 0 bridgehead atoms. The summed E-state index contributed by atoms with van der Waals surface area (Å²) in [5.41, 5.74) is 18.3. The van der Waals surface area contributed by atoms with Crippen molar-refractivity contribution in [2.45, 2.75) is 51.5 Å². The van der Waals surface area contributed by atoms with Crippen LogP contribution in [-0.4, -0.2) is 20.6 Å². The Morgan fingerprint density at radius 1 is 1.08 bits per heavy atom. The zero-order valence-electron chi connectivity index (χ0n) is 15.4. The van der Waals surface area contributed by atoms with E-state index in [0.29, 0.717) is 17.8 Å². The predicted octanol–water partition coefficient (Wildman–Crippen LogP) is 3.66. The van der Waals surface area contributed by atoms with Crippen LogP contribution in [0.3, 0.4) is 0 Å². The van der Waals surface area contributed by atoms with Gasteiger partial charge < -0.3 is 16.8 Å². The van der Waals surface area contributed by atoms with Gasteiger partial charge in [0.05, 0.1) is 17.6 Å². The first-order chi connectivity index (χ1) is 12.5. The highest BCUT2D eigenvalue weighted by Crippen LogP contribution is 2.33. The van der Waals surface area contributed by atoms with Gasteiger partial charge >= 0.3 is 0 Å². The van der Waals surface area contributed by atoms with E-state index in [4.69, 9.17) is 16.5 Å². The van der Waals surface area contributed by atoms with Crippen molar-refractivity contribution in [1.82, 2.24) is 14.6 Å². The molecule has 1 aromatic carbocycles. The average Bonchev–Trinajstić information content (AvgIpc) is 3.02. The van der Waals surface area contributed by atoms with E-state index in [2.05, 4.69) is 42.5 Å². The van der Waals surface area contributed by atoms with Gasteiger partial charge in [0, 0.05) is 23.7 Å². The second kappa shape index (κ2) is 6.61. The Bertz CT molecular complexity index is 937. The number of rotatable bonds is 3. The number of nitrogens with two attached hydrogens (primary N) is 2. The second-order valence-corrected chi connectivity index (χ2v) is 7.47. The molecule has 0 saturated heterocycles. The van der Waals surface area contributed by atoms with Crippen LogP contribution >= 0.6 is 0 Å². The van der Waals surface area contributed by atoms with Gasteiger partial charge in [-0.1, -0.05) is 17.7 Å². The lowest BCUT2D eigenvalue weighted by Crippen LogP contribution is -2.25. The molecule has 3 aromatic rings. The van der Waals surface area contributed by atoms with Gasteiger partial charge in [0.25, 0.3) is 0 Å². The standard InChI is InChI=1S/C20H26N6/c1-12-3-8-16(13(2)9-12)23-17-10-19(22)25-26-11-18(24-20(17)26)14-4-6-15(21)7-5-14/h3,8-11,14-15,23H,4-7,21H2,1-2H3,(H2,22,25)/t14-,15-. The number of benzene rings is 1. The van der Waals surface area contributed by atoms with E-state index in [1.807, 2.05) is 12.3 Å². The molecule has 6 nitrogen and oxygen atoms in total. The lowest BCUT2D eigenvalue weighted by molar-refractivity contribution is 0.391. The molecular formula is C20H26N6. The molecule has 26 heavy (non-hydrogen) atoms. The molecule has 0 spiro atoms. The first-order valence-corrected chi connectivity index (χ1v) is 9.25. The lowest BCUT2D eigenvalue weighted by atomic mass is 9.85. The van der Waals surface area contributed by atoms with Crippen molar-refractivity contribution in [3.8, 4) is 0 Å². The van der Waals surface area contributed by atoms with Crippen molar-refractivity contribution in [2.75, 3.05) is 11.1 Å². The minimum Gasteiger partial charge on any atom is -0.382 e. The lowest BCUT2D eigenvalue weighted by Gasteiger charge is -2.24. The maximum absolute atomic E-state index is 6.04. The van der Waals surface area contributed by atoms with Crippen LogP contribution in [0.4, 0.5) is 17.2 Å². The van der Waals surface area contributed by atoms with Crippen LogP contribution in [0, 0.1) is 13.8 Å². The van der Waals surface area contributed by atoms with Crippen molar-refractivity contribution < 1.29 is 0 Å². The molecule has 1 aliphatic carbocycles. The highest BCUT2D eigenvalue weighted by molar-refractivity contribution is 5.76. The first kappa shape index (κ1) is 16.8. The zero-order chi connectivity index (χ0) is 18.3. The van der Waals surface area contributed by atoms with Gasteiger partial charge in [-0.25, -0.2) is 9.50 Å². The molecular weight excluding hydrogens is 324 g/mol. The third-order valence-electron chi connectivity index (χ3n) is 5.30. The number of imidazole rings is 1. The maximum Gasteiger partial charge on any atom is 0.177 e. The van der Waals surface area contributed by atoms with E-state index in [9.17, 15) is 0 Å². The first-order valence-electron chi connectivity index (χ1n) is 9.25. The number of nitrogens with zero attached hydrogens (tertiary/aromatic N) is 3. The molecule has 1 fully saturated rings. The molecule has 136 valence electrons. The third-order valence-corrected chi connectivity index (χ3v) is 5.30. The van der Waals surface area contributed by atoms with Crippen LogP contribution in [0.5, 0.6) is 0 Å². The Balaban J connectivity index is 1.70. The second-order valence-electron chi connectivity index (χ2n) is 7.47. The van der Waals surface area contributed by atoms with Crippen molar-refractivity contribution in [3.63, 3.8) is 0 Å². The minimum atomic E-state index is 0.332. The molecule has 6 heteroatoms. The summed E-state index contributed by atoms with van der Waals surface area (Å²) >= 11 is 0. The maximum atomic E-state index is 6.04. The summed E-state index contributed by atoms with van der Waals surface area (Å²) < 4.78 is 1.80. The summed E-state index contributed by atoms with van der Waals surface area (Å²) in [7, 11) is 0. The third kappa shape index (κ3) is 3.24. The fourth-order valence-corrected chi connectivity index (χ4v) is 3.82. The van der Waals surface area contributed by atoms with Gasteiger partial charge in [-0.05, 0) is 51.2 Å². The number of aryl methyl sites for hydroxylation is 2. The van der Waals surface area contributed by atoms with Crippen LogP contribution in [0.2, 0.25) is 0 Å². The van der Waals surface area contributed by atoms with Crippen molar-refractivity contribution >= 4 is 22.8 Å². The largest absolute Gasteiger partial charge is 0.382 e. The van der Waals surface area contributed by atoms with E-state index in [-0.39, 0.29) is 0 Å². The summed E-state index contributed by atoms with van der Waals surface area (Å²) in [5.74, 6) is 0.922. The van der Waals surface area contributed by atoms with Gasteiger partial charge in [0.2, 0.25) is 0 Å². The fourth-order valence-electron chi connectivity index (χ4n) is 3.82. The minimum absolute atomic E-state index is 0.332. The Kier molecular flexibility index (Phi) is 4.28. The number of fused-ring (bicyclic) bond motifs is 1. The van der Waals surface area contributed by atoms with Gasteiger partial charge in [0.1, 0.15) is 5.82 Å². The predicted molar refractivity (Wildman–Crippen MR) is 106 cm³/mol. The molecule has 1 saturated carbocycles. The molecule has 0 amide bonds. The van der Waals surface area contributed by atoms with Crippen molar-refractivity contribution in [1.29, 1.82) is 0 Å². The summed E-state index contributed by atoms with van der Waals surface area (Å²) in [5, 5.41) is 7.90. The molecule has 0 atom stereocenters. The molecule has 2 heterocycles. The topological polar surface area (TPSA) is 94.3 Å². The fraction of sp³-hybridized carbons (Fsp3) is 0.400. The van der Waals surface area contributed by atoms with Crippen LogP contribution < -0.4 is 16.8 Å². The Hall–Kier alpha value is -2.60. The van der Waals surface area contributed by atoms with Crippen LogP contribution in [0.15, 0.2) is 30.5 Å². The van der Waals surface area contributed by atoms with Crippen LogP contribution in [-0.2, 0) is 0 Å². The summed E-state index contributed by atoms with van der Waals surface area (Å²) in [6, 6.07) is 8.52. The monoisotopic (exact) mass is 350 g/mol. The van der Waals surface area contributed by atoms with E-state index < -0.39 is 0 Å². The SMILES string of the molecule is Cc1ccc(Nc2cc(N)nn3cc([C@H]4CC[C@H](N)CC4)nc23)c(C)c1. The highest BCUT2D eigenvalue weighted by Gasteiger charge is 2.23. The number of anilines is 3. The summed E-state index contributed by atoms with van der Waals surface area (Å²) in [6.07, 6.45) is 6.30. The number of hydrogen-bond acceptors (Lipinski definition) is 5. The van der Waals surface area contributed by atoms with E-state index in [1.165, 1.54) is 11.1 Å². The molecule has 0 radical (unpaired) electrons. The van der Waals surface area contributed by atoms with Crippen LogP contribution in [0.25, 0.3) is 5.65 Å². The molecule has 0 aliphatic heterocycles. The van der Waals surface area contributed by atoms with E-state index >= 15 is 0 Å². The Labute approximate surface area is 153 Å². The highest BCUT2D eigenvalue weighted by atomic mass is 15.3.